The molecule has 0 heterocycles. The number of carbonyl (C=O) groups is 1. The highest BCUT2D eigenvalue weighted by molar-refractivity contribution is 5.64. The zero-order chi connectivity index (χ0) is 21.4. The van der Waals surface area contributed by atoms with E-state index in [0.717, 1.165) is 30.6 Å². The molecule has 0 bridgehead atoms. The molecule has 30 heavy (non-hydrogen) atoms. The molecule has 0 aliphatic rings. The molecule has 0 amide bonds. The highest BCUT2D eigenvalue weighted by atomic mass is 16.7. The fraction of sp³-hybridized carbons (Fsp3) is 0.500. The quantitative estimate of drug-likeness (QED) is 0.190. The molecule has 4 heteroatoms. The van der Waals surface area contributed by atoms with Crippen LogP contribution in [0.4, 0.5) is 10.5 Å². The zero-order valence-corrected chi connectivity index (χ0v) is 18.6. The Morgan fingerprint density at radius 1 is 0.833 bits per heavy atom. The molecular weight excluding hydrogens is 374 g/mol. The predicted octanol–water partition coefficient (Wildman–Crippen LogP) is 7.02. The third-order valence-electron chi connectivity index (χ3n) is 5.30. The minimum Gasteiger partial charge on any atom is -0.432 e. The van der Waals surface area contributed by atoms with Crippen LogP contribution >= 0.6 is 0 Å². The van der Waals surface area contributed by atoms with Crippen molar-refractivity contribution in [2.24, 2.45) is 0 Å². The second kappa shape index (κ2) is 14.5. The monoisotopic (exact) mass is 411 g/mol. The first-order valence-corrected chi connectivity index (χ1v) is 11.5. The second-order valence-corrected chi connectivity index (χ2v) is 7.59. The number of rotatable bonds is 14. The van der Waals surface area contributed by atoms with Gasteiger partial charge in [0.15, 0.2) is 0 Å². The van der Waals surface area contributed by atoms with E-state index < -0.39 is 6.16 Å². The minimum atomic E-state index is -0.633. The number of aryl methyl sites for hydroxylation is 1. The van der Waals surface area contributed by atoms with Crippen molar-refractivity contribution in [2.75, 3.05) is 24.6 Å². The molecule has 0 aromatic heterocycles. The SMILES string of the molecule is CCCCCCCCCc1ccccc1OC(=O)OCCN(CC)c1ccccc1. The molecule has 164 valence electrons. The maximum Gasteiger partial charge on any atom is 0.513 e. The summed E-state index contributed by atoms with van der Waals surface area (Å²) in [6.45, 7) is 6.11. The Bertz CT molecular complexity index is 717. The lowest BCUT2D eigenvalue weighted by atomic mass is 10.0. The van der Waals surface area contributed by atoms with Crippen molar-refractivity contribution in [3.8, 4) is 5.75 Å². The lowest BCUT2D eigenvalue weighted by molar-refractivity contribution is 0.101. The number of ether oxygens (including phenoxy) is 2. The summed E-state index contributed by atoms with van der Waals surface area (Å²) in [5.41, 5.74) is 2.19. The zero-order valence-electron chi connectivity index (χ0n) is 18.6. The van der Waals surface area contributed by atoms with Gasteiger partial charge in [0, 0.05) is 12.2 Å². The number of anilines is 1. The van der Waals surface area contributed by atoms with Crippen LogP contribution in [-0.2, 0) is 11.2 Å². The summed E-state index contributed by atoms with van der Waals surface area (Å²) in [4.78, 5) is 14.4. The standard InChI is InChI=1S/C26H37NO3/c1-3-5-6-7-8-9-11-16-23-17-14-15-20-25(23)30-26(28)29-22-21-27(4-2)24-18-12-10-13-19-24/h10,12-15,17-20H,3-9,11,16,21-22H2,1-2H3. The molecule has 0 aliphatic heterocycles. The number of benzene rings is 2. The van der Waals surface area contributed by atoms with E-state index in [2.05, 4.69) is 30.9 Å². The summed E-state index contributed by atoms with van der Waals surface area (Å²) in [7, 11) is 0. The van der Waals surface area contributed by atoms with Crippen molar-refractivity contribution in [1.29, 1.82) is 0 Å². The van der Waals surface area contributed by atoms with E-state index in [0.29, 0.717) is 18.9 Å². The predicted molar refractivity (Wildman–Crippen MR) is 124 cm³/mol. The highest BCUT2D eigenvalue weighted by Crippen LogP contribution is 2.21. The molecule has 0 unspecified atom stereocenters. The first kappa shape index (κ1) is 23.8. The van der Waals surface area contributed by atoms with Gasteiger partial charge in [-0.05, 0) is 43.5 Å². The lowest BCUT2D eigenvalue weighted by Crippen LogP contribution is -2.28. The maximum atomic E-state index is 12.2. The van der Waals surface area contributed by atoms with E-state index in [-0.39, 0.29) is 0 Å². The summed E-state index contributed by atoms with van der Waals surface area (Å²) in [5, 5.41) is 0. The fourth-order valence-electron chi connectivity index (χ4n) is 3.55. The van der Waals surface area contributed by atoms with Crippen LogP contribution in [0.3, 0.4) is 0 Å². The van der Waals surface area contributed by atoms with Crippen LogP contribution in [0.5, 0.6) is 5.75 Å². The Hall–Kier alpha value is -2.49. The molecule has 0 radical (unpaired) electrons. The van der Waals surface area contributed by atoms with Crippen LogP contribution in [0.25, 0.3) is 0 Å². The number of carbonyl (C=O) groups excluding carboxylic acids is 1. The summed E-state index contributed by atoms with van der Waals surface area (Å²) < 4.78 is 10.8. The average Bonchev–Trinajstić information content (AvgIpc) is 2.78. The normalized spacial score (nSPS) is 10.6. The van der Waals surface area contributed by atoms with Gasteiger partial charge in [0.1, 0.15) is 12.4 Å². The second-order valence-electron chi connectivity index (χ2n) is 7.59. The van der Waals surface area contributed by atoms with E-state index in [4.69, 9.17) is 9.47 Å². The highest BCUT2D eigenvalue weighted by Gasteiger charge is 2.11. The number of hydrogen-bond acceptors (Lipinski definition) is 4. The summed E-state index contributed by atoms with van der Waals surface area (Å²) >= 11 is 0. The Balaban J connectivity index is 1.73. The van der Waals surface area contributed by atoms with Gasteiger partial charge in [0.2, 0.25) is 0 Å². The number of hydrogen-bond donors (Lipinski definition) is 0. The average molecular weight is 412 g/mol. The maximum absolute atomic E-state index is 12.2. The van der Waals surface area contributed by atoms with Gasteiger partial charge in [-0.3, -0.25) is 0 Å². The molecule has 2 aromatic carbocycles. The molecule has 2 aromatic rings. The van der Waals surface area contributed by atoms with Gasteiger partial charge < -0.3 is 14.4 Å². The number of para-hydroxylation sites is 2. The smallest absolute Gasteiger partial charge is 0.432 e. The van der Waals surface area contributed by atoms with Gasteiger partial charge in [0.05, 0.1) is 6.54 Å². The number of likely N-dealkylation sites (N-methyl/N-ethyl adjacent to an activating group) is 1. The van der Waals surface area contributed by atoms with Crippen LogP contribution in [0.15, 0.2) is 54.6 Å². The third kappa shape index (κ3) is 8.89. The van der Waals surface area contributed by atoms with Gasteiger partial charge in [-0.15, -0.1) is 0 Å². The van der Waals surface area contributed by atoms with Crippen molar-refractivity contribution >= 4 is 11.8 Å². The van der Waals surface area contributed by atoms with Crippen molar-refractivity contribution in [2.45, 2.75) is 65.2 Å². The van der Waals surface area contributed by atoms with Crippen LogP contribution in [0.1, 0.15) is 64.4 Å². The topological polar surface area (TPSA) is 38.8 Å². The number of nitrogens with zero attached hydrogens (tertiary/aromatic N) is 1. The van der Waals surface area contributed by atoms with Crippen molar-refractivity contribution in [3.63, 3.8) is 0 Å². The third-order valence-corrected chi connectivity index (χ3v) is 5.30. The van der Waals surface area contributed by atoms with E-state index in [1.165, 1.54) is 38.5 Å². The van der Waals surface area contributed by atoms with Crippen LogP contribution in [0.2, 0.25) is 0 Å². The Morgan fingerprint density at radius 3 is 2.23 bits per heavy atom. The molecule has 2 rings (SSSR count). The molecule has 0 N–H and O–H groups in total. The molecule has 0 spiro atoms. The fourth-order valence-corrected chi connectivity index (χ4v) is 3.55. The lowest BCUT2D eigenvalue weighted by Gasteiger charge is -2.22. The molecular formula is C26H37NO3. The van der Waals surface area contributed by atoms with E-state index in [1.54, 1.807) is 0 Å². The van der Waals surface area contributed by atoms with Crippen LogP contribution in [-0.4, -0.2) is 25.9 Å². The molecule has 0 saturated heterocycles. The Morgan fingerprint density at radius 2 is 1.50 bits per heavy atom. The summed E-state index contributed by atoms with van der Waals surface area (Å²) in [5.74, 6) is 0.615. The van der Waals surface area contributed by atoms with E-state index in [9.17, 15) is 4.79 Å². The first-order chi connectivity index (χ1) is 14.7. The van der Waals surface area contributed by atoms with Gasteiger partial charge in [-0.1, -0.05) is 81.8 Å². The largest absolute Gasteiger partial charge is 0.513 e. The minimum absolute atomic E-state index is 0.293. The van der Waals surface area contributed by atoms with E-state index >= 15 is 0 Å². The van der Waals surface area contributed by atoms with Crippen LogP contribution in [0, 0.1) is 0 Å². The van der Waals surface area contributed by atoms with Gasteiger partial charge in [-0.25, -0.2) is 4.79 Å². The first-order valence-electron chi connectivity index (χ1n) is 11.5. The van der Waals surface area contributed by atoms with Crippen LogP contribution < -0.4 is 9.64 Å². The van der Waals surface area contributed by atoms with Crippen molar-refractivity contribution in [3.05, 3.63) is 60.2 Å². The summed E-state index contributed by atoms with van der Waals surface area (Å²) in [6, 6.07) is 17.9. The van der Waals surface area contributed by atoms with Crippen molar-refractivity contribution in [1.82, 2.24) is 0 Å². The van der Waals surface area contributed by atoms with Gasteiger partial charge in [0.25, 0.3) is 0 Å². The molecule has 0 saturated carbocycles. The van der Waals surface area contributed by atoms with Gasteiger partial charge >= 0.3 is 6.16 Å². The molecule has 0 fully saturated rings. The van der Waals surface area contributed by atoms with E-state index in [1.807, 2.05) is 42.5 Å². The van der Waals surface area contributed by atoms with Crippen molar-refractivity contribution < 1.29 is 14.3 Å². The Labute approximate surface area is 182 Å². The Kier molecular flexibility index (Phi) is 11.5. The van der Waals surface area contributed by atoms with Gasteiger partial charge in [-0.2, -0.15) is 0 Å². The molecule has 4 nitrogen and oxygen atoms in total. The summed E-state index contributed by atoms with van der Waals surface area (Å²) in [6.07, 6.45) is 9.17. The molecule has 0 atom stereocenters. The molecule has 0 aliphatic carbocycles. The number of unbranched alkanes of at least 4 members (excludes halogenated alkanes) is 6.